The van der Waals surface area contributed by atoms with Gasteiger partial charge < -0.3 is 10.3 Å². The van der Waals surface area contributed by atoms with Gasteiger partial charge in [-0.1, -0.05) is 12.1 Å². The molecule has 4 heteroatoms. The normalized spacial score (nSPS) is 11.7. The summed E-state index contributed by atoms with van der Waals surface area (Å²) in [6.07, 6.45) is 3.96. The van der Waals surface area contributed by atoms with E-state index in [1.165, 1.54) is 16.5 Å². The number of hydrazine groups is 1. The van der Waals surface area contributed by atoms with Crippen LogP contribution in [0.15, 0.2) is 36.7 Å². The molecule has 4 nitrogen and oxygen atoms in total. The number of allylic oxidation sites excluding steroid dienone is 1. The Hall–Kier alpha value is -2.07. The fourth-order valence-corrected chi connectivity index (χ4v) is 1.95. The first-order valence-corrected chi connectivity index (χ1v) is 6.30. The van der Waals surface area contributed by atoms with Gasteiger partial charge >= 0.3 is 0 Å². The molecule has 0 saturated heterocycles. The van der Waals surface area contributed by atoms with Crippen LogP contribution in [-0.2, 0) is 0 Å². The predicted molar refractivity (Wildman–Crippen MR) is 81.8 cm³/mol. The summed E-state index contributed by atoms with van der Waals surface area (Å²) in [5.74, 6) is 0.888. The Balaban J connectivity index is 2.42. The zero-order chi connectivity index (χ0) is 13.8. The average molecular weight is 256 g/mol. The van der Waals surface area contributed by atoms with Gasteiger partial charge in [0.1, 0.15) is 5.82 Å². The second-order valence-electron chi connectivity index (χ2n) is 4.53. The minimum atomic E-state index is 0.888. The number of hydrogen-bond acceptors (Lipinski definition) is 4. The van der Waals surface area contributed by atoms with E-state index in [0.29, 0.717) is 0 Å². The first-order valence-electron chi connectivity index (χ1n) is 6.30. The molecule has 2 aromatic rings. The summed E-state index contributed by atoms with van der Waals surface area (Å²) in [4.78, 5) is 4.32. The molecule has 2 rings (SSSR count). The lowest BCUT2D eigenvalue weighted by Gasteiger charge is -2.14. The molecule has 0 bridgehead atoms. The molecule has 1 aromatic carbocycles. The Kier molecular flexibility index (Phi) is 4.02. The van der Waals surface area contributed by atoms with Gasteiger partial charge in [-0.25, -0.2) is 10.4 Å². The predicted octanol–water partition coefficient (Wildman–Crippen LogP) is 2.70. The number of nitrogens with one attached hydrogen (secondary N) is 2. The quantitative estimate of drug-likeness (QED) is 0.825. The number of benzene rings is 1. The van der Waals surface area contributed by atoms with Gasteiger partial charge in [0.15, 0.2) is 0 Å². The SMILES string of the molecule is CNc1cc2cc(/C(C)=C/N(C)NC)ccc2cn1. The van der Waals surface area contributed by atoms with Gasteiger partial charge in [0.2, 0.25) is 0 Å². The van der Waals surface area contributed by atoms with E-state index in [1.54, 1.807) is 0 Å². The lowest BCUT2D eigenvalue weighted by atomic mass is 10.0. The van der Waals surface area contributed by atoms with Crippen molar-refractivity contribution < 1.29 is 0 Å². The Morgan fingerprint density at radius 3 is 2.68 bits per heavy atom. The maximum absolute atomic E-state index is 4.32. The molecule has 2 N–H and O–H groups in total. The van der Waals surface area contributed by atoms with Crippen molar-refractivity contribution >= 4 is 22.2 Å². The molecule has 0 atom stereocenters. The van der Waals surface area contributed by atoms with E-state index in [-0.39, 0.29) is 0 Å². The molecule has 0 aliphatic carbocycles. The summed E-state index contributed by atoms with van der Waals surface area (Å²) in [6.45, 7) is 2.11. The third kappa shape index (κ3) is 3.03. The van der Waals surface area contributed by atoms with E-state index >= 15 is 0 Å². The number of nitrogens with zero attached hydrogens (tertiary/aromatic N) is 2. The van der Waals surface area contributed by atoms with Gasteiger partial charge in [-0.15, -0.1) is 0 Å². The highest BCUT2D eigenvalue weighted by molar-refractivity contribution is 5.87. The summed E-state index contributed by atoms with van der Waals surface area (Å²) >= 11 is 0. The zero-order valence-electron chi connectivity index (χ0n) is 11.9. The van der Waals surface area contributed by atoms with Gasteiger partial charge in [0.25, 0.3) is 0 Å². The highest BCUT2D eigenvalue weighted by atomic mass is 15.5. The molecule has 0 unspecified atom stereocenters. The largest absolute Gasteiger partial charge is 0.373 e. The number of fused-ring (bicyclic) bond motifs is 1. The van der Waals surface area contributed by atoms with Crippen LogP contribution in [0.3, 0.4) is 0 Å². The van der Waals surface area contributed by atoms with Gasteiger partial charge in [-0.05, 0) is 35.6 Å². The van der Waals surface area contributed by atoms with E-state index in [2.05, 4.69) is 53.1 Å². The highest BCUT2D eigenvalue weighted by Crippen LogP contribution is 2.22. The fourth-order valence-electron chi connectivity index (χ4n) is 1.95. The topological polar surface area (TPSA) is 40.2 Å². The van der Waals surface area contributed by atoms with Gasteiger partial charge in [-0.2, -0.15) is 0 Å². The van der Waals surface area contributed by atoms with E-state index in [1.807, 2.05) is 32.3 Å². The maximum atomic E-state index is 4.32. The molecule has 0 saturated carbocycles. The van der Waals surface area contributed by atoms with Gasteiger partial charge in [-0.3, -0.25) is 0 Å². The van der Waals surface area contributed by atoms with Crippen molar-refractivity contribution in [3.63, 3.8) is 0 Å². The molecule has 100 valence electrons. The Morgan fingerprint density at radius 2 is 2.00 bits per heavy atom. The van der Waals surface area contributed by atoms with Crippen LogP contribution in [0.2, 0.25) is 0 Å². The fraction of sp³-hybridized carbons (Fsp3) is 0.267. The van der Waals surface area contributed by atoms with Crippen molar-refractivity contribution in [2.45, 2.75) is 6.92 Å². The minimum Gasteiger partial charge on any atom is -0.373 e. The van der Waals surface area contributed by atoms with Crippen LogP contribution in [0.4, 0.5) is 5.82 Å². The van der Waals surface area contributed by atoms with Crippen molar-refractivity contribution in [1.82, 2.24) is 15.4 Å². The standard InChI is InChI=1S/C15H20N4/c1-11(10-19(4)17-3)12-5-6-13-9-18-15(16-2)8-14(13)7-12/h5-10,17H,1-4H3,(H,16,18)/b11-10+. The van der Waals surface area contributed by atoms with E-state index in [4.69, 9.17) is 0 Å². The second kappa shape index (κ2) is 5.71. The molecular weight excluding hydrogens is 236 g/mol. The number of rotatable bonds is 4. The van der Waals surface area contributed by atoms with Crippen LogP contribution >= 0.6 is 0 Å². The van der Waals surface area contributed by atoms with E-state index in [9.17, 15) is 0 Å². The van der Waals surface area contributed by atoms with E-state index in [0.717, 1.165) is 11.2 Å². The molecule has 0 aliphatic heterocycles. The molecular formula is C15H20N4. The third-order valence-corrected chi connectivity index (χ3v) is 3.17. The Morgan fingerprint density at radius 1 is 1.21 bits per heavy atom. The van der Waals surface area contributed by atoms with Crippen molar-refractivity contribution in [1.29, 1.82) is 0 Å². The van der Waals surface area contributed by atoms with Crippen LogP contribution in [0.1, 0.15) is 12.5 Å². The highest BCUT2D eigenvalue weighted by Gasteiger charge is 2.01. The van der Waals surface area contributed by atoms with Crippen molar-refractivity contribution in [2.24, 2.45) is 0 Å². The first kappa shape index (κ1) is 13.4. The summed E-state index contributed by atoms with van der Waals surface area (Å²) < 4.78 is 0. The van der Waals surface area contributed by atoms with E-state index < -0.39 is 0 Å². The Labute approximate surface area is 114 Å². The molecule has 0 radical (unpaired) electrons. The molecule has 1 heterocycles. The third-order valence-electron chi connectivity index (χ3n) is 3.17. The Bertz CT molecular complexity index is 604. The van der Waals surface area contributed by atoms with Crippen molar-refractivity contribution in [3.8, 4) is 0 Å². The van der Waals surface area contributed by atoms with Gasteiger partial charge in [0, 0.05) is 38.9 Å². The van der Waals surface area contributed by atoms with Gasteiger partial charge in [0.05, 0.1) is 0 Å². The van der Waals surface area contributed by atoms with Crippen LogP contribution in [0.25, 0.3) is 16.3 Å². The van der Waals surface area contributed by atoms with Crippen molar-refractivity contribution in [3.05, 3.63) is 42.2 Å². The monoisotopic (exact) mass is 256 g/mol. The zero-order valence-corrected chi connectivity index (χ0v) is 11.9. The average Bonchev–Trinajstić information content (AvgIpc) is 2.45. The molecule has 0 amide bonds. The molecule has 0 fully saturated rings. The smallest absolute Gasteiger partial charge is 0.126 e. The number of aromatic nitrogens is 1. The number of pyridine rings is 1. The summed E-state index contributed by atoms with van der Waals surface area (Å²) in [7, 11) is 5.76. The van der Waals surface area contributed by atoms with Crippen LogP contribution in [0, 0.1) is 0 Å². The first-order chi connectivity index (χ1) is 9.13. The maximum Gasteiger partial charge on any atom is 0.126 e. The summed E-state index contributed by atoms with van der Waals surface area (Å²) in [6, 6.07) is 8.48. The number of hydrogen-bond donors (Lipinski definition) is 2. The molecule has 19 heavy (non-hydrogen) atoms. The summed E-state index contributed by atoms with van der Waals surface area (Å²) in [5, 5.41) is 7.34. The number of anilines is 1. The summed E-state index contributed by atoms with van der Waals surface area (Å²) in [5.41, 5.74) is 5.48. The molecule has 1 aromatic heterocycles. The lowest BCUT2D eigenvalue weighted by Crippen LogP contribution is -2.25. The minimum absolute atomic E-state index is 0.888. The van der Waals surface area contributed by atoms with Crippen LogP contribution < -0.4 is 10.7 Å². The molecule has 0 aliphatic rings. The van der Waals surface area contributed by atoms with Crippen LogP contribution in [0.5, 0.6) is 0 Å². The lowest BCUT2D eigenvalue weighted by molar-refractivity contribution is 0.366. The molecule has 0 spiro atoms. The second-order valence-corrected chi connectivity index (χ2v) is 4.53. The van der Waals surface area contributed by atoms with Crippen LogP contribution in [-0.4, -0.2) is 31.1 Å². The van der Waals surface area contributed by atoms with Crippen molar-refractivity contribution in [2.75, 3.05) is 26.5 Å².